The lowest BCUT2D eigenvalue weighted by Gasteiger charge is -2.26. The van der Waals surface area contributed by atoms with E-state index in [1.807, 2.05) is 84.9 Å². The third-order valence-corrected chi connectivity index (χ3v) is 9.89. The van der Waals surface area contributed by atoms with Crippen LogP contribution in [0.4, 0.5) is 34.1 Å². The Kier molecular flexibility index (Phi) is 10.7. The van der Waals surface area contributed by atoms with E-state index in [9.17, 15) is 9.59 Å². The molecule has 0 fully saturated rings. The lowest BCUT2D eigenvalue weighted by atomic mass is 10.1. The maximum Gasteiger partial charge on any atom is 0.335 e. The molecule has 0 aliphatic rings. The van der Waals surface area contributed by atoms with Gasteiger partial charge < -0.3 is 24.0 Å². The zero-order valence-electron chi connectivity index (χ0n) is 32.7. The third kappa shape index (κ3) is 8.60. The van der Waals surface area contributed by atoms with Gasteiger partial charge in [0.15, 0.2) is 0 Å². The van der Waals surface area contributed by atoms with Crippen LogP contribution in [-0.4, -0.2) is 11.9 Å². The first-order chi connectivity index (χ1) is 28.7. The second-order valence-electron chi connectivity index (χ2n) is 14.1. The molecule has 0 amide bonds. The van der Waals surface area contributed by atoms with E-state index in [1.165, 1.54) is 11.1 Å². The molecular weight excluding hydrogens is 733 g/mol. The van der Waals surface area contributed by atoms with Crippen LogP contribution >= 0.6 is 0 Å². The van der Waals surface area contributed by atoms with Crippen molar-refractivity contribution in [2.24, 2.45) is 0 Å². The van der Waals surface area contributed by atoms with Crippen LogP contribution in [0.1, 0.15) is 11.1 Å². The molecule has 0 radical (unpaired) electrons. The number of aryl methyl sites for hydroxylation is 2. The number of esters is 2. The van der Waals surface area contributed by atoms with Crippen LogP contribution in [0, 0.1) is 13.8 Å². The van der Waals surface area contributed by atoms with Crippen molar-refractivity contribution in [1.82, 2.24) is 0 Å². The van der Waals surface area contributed by atoms with Crippen LogP contribution in [0.25, 0.3) is 21.5 Å². The summed E-state index contributed by atoms with van der Waals surface area (Å²) in [5, 5.41) is 3.76. The van der Waals surface area contributed by atoms with E-state index in [2.05, 4.69) is 110 Å². The minimum atomic E-state index is -0.512. The molecule has 0 aliphatic heterocycles. The Morgan fingerprint density at radius 3 is 1.05 bits per heavy atom. The Hall–Kier alpha value is -7.90. The molecule has 0 bridgehead atoms. The average molecular weight is 773 g/mol. The van der Waals surface area contributed by atoms with E-state index >= 15 is 0 Å². The fourth-order valence-corrected chi connectivity index (χ4v) is 6.89. The number of carbonyl (C=O) groups excluding carboxylic acids is 2. The lowest BCUT2D eigenvalue weighted by Crippen LogP contribution is -2.10. The Morgan fingerprint density at radius 1 is 0.390 bits per heavy atom. The maximum atomic E-state index is 11.8. The smallest absolute Gasteiger partial charge is 0.335 e. The van der Waals surface area contributed by atoms with E-state index in [1.54, 1.807) is 12.1 Å². The lowest BCUT2D eigenvalue weighted by molar-refractivity contribution is -0.129. The van der Waals surface area contributed by atoms with Crippen LogP contribution < -0.4 is 24.0 Å². The summed E-state index contributed by atoms with van der Waals surface area (Å²) >= 11 is 0. The third-order valence-electron chi connectivity index (χ3n) is 9.89. The molecule has 7 heteroatoms. The average Bonchev–Trinajstić information content (AvgIpc) is 3.26. The Morgan fingerprint density at radius 2 is 0.678 bits per heavy atom. The zero-order valence-corrected chi connectivity index (χ0v) is 32.7. The van der Waals surface area contributed by atoms with Crippen molar-refractivity contribution in [2.75, 3.05) is 9.80 Å². The Bertz CT molecular complexity index is 2680. The zero-order chi connectivity index (χ0) is 40.9. The highest BCUT2D eigenvalue weighted by atomic mass is 16.5. The van der Waals surface area contributed by atoms with Crippen molar-refractivity contribution in [1.29, 1.82) is 0 Å². The van der Waals surface area contributed by atoms with Crippen LogP contribution in [0.5, 0.6) is 23.0 Å². The number of hydrogen-bond acceptors (Lipinski definition) is 7. The largest absolute Gasteiger partial charge is 0.457 e. The molecule has 0 heterocycles. The van der Waals surface area contributed by atoms with Gasteiger partial charge in [0.1, 0.15) is 23.0 Å². The summed E-state index contributed by atoms with van der Waals surface area (Å²) in [4.78, 5) is 28.1. The van der Waals surface area contributed by atoms with Crippen molar-refractivity contribution in [3.05, 3.63) is 206 Å². The van der Waals surface area contributed by atoms with E-state index < -0.39 is 11.9 Å². The molecule has 0 aromatic heterocycles. The van der Waals surface area contributed by atoms with Gasteiger partial charge in [-0.2, -0.15) is 0 Å². The predicted molar refractivity (Wildman–Crippen MR) is 238 cm³/mol. The molecule has 59 heavy (non-hydrogen) atoms. The Labute approximate surface area is 343 Å². The van der Waals surface area contributed by atoms with E-state index in [0.717, 1.165) is 67.8 Å². The summed E-state index contributed by atoms with van der Waals surface area (Å²) in [5.74, 6) is 1.27. The van der Waals surface area contributed by atoms with Crippen LogP contribution in [0.15, 0.2) is 195 Å². The van der Waals surface area contributed by atoms with E-state index in [0.29, 0.717) is 23.0 Å². The maximum absolute atomic E-state index is 11.8. The first-order valence-corrected chi connectivity index (χ1v) is 19.1. The first kappa shape index (κ1) is 38.0. The molecule has 8 aromatic rings. The molecule has 0 aliphatic carbocycles. The van der Waals surface area contributed by atoms with Crippen molar-refractivity contribution in [3.63, 3.8) is 0 Å². The van der Waals surface area contributed by atoms with E-state index in [4.69, 9.17) is 14.2 Å². The van der Waals surface area contributed by atoms with Crippen LogP contribution in [0.2, 0.25) is 0 Å². The summed E-state index contributed by atoms with van der Waals surface area (Å²) < 4.78 is 17.1. The standard InChI is InChI=1S/C52H40N2O5/c1-5-51(55)58-49-25-13-37-31-45(19-11-39(37)33-49)54(46-20-12-40-34-50(59-52(56)6-2)26-14-38(40)32-46)44-23-29-48(30-24-44)57-47-27-21-43(22-28-47)53(41-15-7-35(3)8-16-41)42-17-9-36(4)10-18-42/h5-34H,1-2H2,3-4H3. The monoisotopic (exact) mass is 772 g/mol. The van der Waals surface area contributed by atoms with Crippen molar-refractivity contribution < 1.29 is 23.8 Å². The molecule has 0 saturated heterocycles. The number of benzene rings is 8. The van der Waals surface area contributed by atoms with Gasteiger partial charge in [0.25, 0.3) is 0 Å². The second kappa shape index (κ2) is 16.7. The number of carbonyl (C=O) groups is 2. The quantitative estimate of drug-likeness (QED) is 0.0696. The van der Waals surface area contributed by atoms with Crippen molar-refractivity contribution in [3.8, 4) is 23.0 Å². The van der Waals surface area contributed by atoms with Gasteiger partial charge in [-0.1, -0.05) is 72.8 Å². The predicted octanol–water partition coefficient (Wildman–Crippen LogP) is 13.5. The molecule has 288 valence electrons. The van der Waals surface area contributed by atoms with Gasteiger partial charge in [0.2, 0.25) is 0 Å². The van der Waals surface area contributed by atoms with Crippen molar-refractivity contribution in [2.45, 2.75) is 13.8 Å². The van der Waals surface area contributed by atoms with Gasteiger partial charge in [-0.3, -0.25) is 0 Å². The summed E-state index contributed by atoms with van der Waals surface area (Å²) in [7, 11) is 0. The highest BCUT2D eigenvalue weighted by Crippen LogP contribution is 2.40. The normalized spacial score (nSPS) is 10.8. The number of ether oxygens (including phenoxy) is 3. The molecule has 8 rings (SSSR count). The minimum absolute atomic E-state index is 0.444. The Balaban J connectivity index is 1.10. The number of fused-ring (bicyclic) bond motifs is 2. The molecule has 0 N–H and O–H groups in total. The highest BCUT2D eigenvalue weighted by Gasteiger charge is 2.16. The first-order valence-electron chi connectivity index (χ1n) is 19.1. The number of nitrogens with zero attached hydrogens (tertiary/aromatic N) is 2. The van der Waals surface area contributed by atoms with Crippen molar-refractivity contribution >= 4 is 67.6 Å². The summed E-state index contributed by atoms with van der Waals surface area (Å²) in [5.41, 5.74) is 8.32. The van der Waals surface area contributed by atoms with Gasteiger partial charge in [0.05, 0.1) is 0 Å². The number of hydrogen-bond donors (Lipinski definition) is 0. The van der Waals surface area contributed by atoms with Gasteiger partial charge in [-0.25, -0.2) is 9.59 Å². The summed E-state index contributed by atoms with van der Waals surface area (Å²) in [6.45, 7) is 11.2. The van der Waals surface area contributed by atoms with Gasteiger partial charge >= 0.3 is 11.9 Å². The molecule has 0 spiro atoms. The molecule has 8 aromatic carbocycles. The second-order valence-corrected chi connectivity index (χ2v) is 14.1. The minimum Gasteiger partial charge on any atom is -0.457 e. The van der Waals surface area contributed by atoms with E-state index in [-0.39, 0.29) is 0 Å². The van der Waals surface area contributed by atoms with Gasteiger partial charge in [-0.15, -0.1) is 0 Å². The molecule has 7 nitrogen and oxygen atoms in total. The fourth-order valence-electron chi connectivity index (χ4n) is 6.89. The molecular formula is C52H40N2O5. The SMILES string of the molecule is C=CC(=O)Oc1ccc2cc(N(c3ccc(Oc4ccc(N(c5ccc(C)cc5)c5ccc(C)cc5)cc4)cc3)c3ccc4cc(OC(=O)C=C)ccc4c3)ccc2c1. The molecule has 0 atom stereocenters. The topological polar surface area (TPSA) is 68.3 Å². The van der Waals surface area contributed by atoms with Crippen LogP contribution in [-0.2, 0) is 9.59 Å². The summed E-state index contributed by atoms with van der Waals surface area (Å²) in [6.07, 6.45) is 2.28. The highest BCUT2D eigenvalue weighted by molar-refractivity contribution is 5.94. The molecule has 0 unspecified atom stereocenters. The number of rotatable bonds is 12. The fraction of sp³-hybridized carbons (Fsp3) is 0.0385. The molecule has 0 saturated carbocycles. The summed E-state index contributed by atoms with van der Waals surface area (Å²) in [6, 6.07) is 56.5. The van der Waals surface area contributed by atoms with Gasteiger partial charge in [-0.05, 0) is 157 Å². The van der Waals surface area contributed by atoms with Gasteiger partial charge in [0, 0.05) is 46.3 Å². The van der Waals surface area contributed by atoms with Crippen LogP contribution in [0.3, 0.4) is 0 Å². The number of anilines is 6.